The van der Waals surface area contributed by atoms with Gasteiger partial charge in [0.15, 0.2) is 0 Å². The van der Waals surface area contributed by atoms with Gasteiger partial charge in [0.05, 0.1) is 18.1 Å². The van der Waals surface area contributed by atoms with E-state index in [0.29, 0.717) is 0 Å². The van der Waals surface area contributed by atoms with E-state index >= 15 is 0 Å². The first-order valence-corrected chi connectivity index (χ1v) is 5.12. The Morgan fingerprint density at radius 3 is 2.40 bits per heavy atom. The zero-order valence-corrected chi connectivity index (χ0v) is 8.62. The highest BCUT2D eigenvalue weighted by atomic mass is 32.2. The number of hydrogen-bond donors (Lipinski definition) is 4. The van der Waals surface area contributed by atoms with Gasteiger partial charge >= 0.3 is 5.97 Å². The number of amides is 2. The van der Waals surface area contributed by atoms with Gasteiger partial charge < -0.3 is 21.3 Å². The third-order valence-corrected chi connectivity index (χ3v) is 2.20. The van der Waals surface area contributed by atoms with Crippen molar-refractivity contribution in [1.82, 2.24) is 5.32 Å². The fourth-order valence-corrected chi connectivity index (χ4v) is 1.16. The summed E-state index contributed by atoms with van der Waals surface area (Å²) >= 11 is 0.920. The number of thioether (sulfide) groups is 1. The van der Waals surface area contributed by atoms with Gasteiger partial charge in [0.25, 0.3) is 0 Å². The fraction of sp³-hybridized carbons (Fsp3) is 0.571. The lowest BCUT2D eigenvalue weighted by molar-refractivity contribution is -0.134. The molecule has 1 atom stereocenters. The zero-order chi connectivity index (χ0) is 11.8. The van der Waals surface area contributed by atoms with Crippen LogP contribution in [0.2, 0.25) is 0 Å². The van der Waals surface area contributed by atoms with Gasteiger partial charge in [-0.25, -0.2) is 0 Å². The van der Waals surface area contributed by atoms with Crippen molar-refractivity contribution in [2.45, 2.75) is 6.10 Å². The highest BCUT2D eigenvalue weighted by molar-refractivity contribution is 8.00. The minimum absolute atomic E-state index is 0.0439. The Morgan fingerprint density at radius 2 is 1.93 bits per heavy atom. The van der Waals surface area contributed by atoms with Crippen LogP contribution in [-0.4, -0.2) is 52.2 Å². The zero-order valence-electron chi connectivity index (χ0n) is 7.80. The van der Waals surface area contributed by atoms with E-state index in [1.165, 1.54) is 0 Å². The third-order valence-electron chi connectivity index (χ3n) is 1.28. The van der Waals surface area contributed by atoms with Gasteiger partial charge in [0.2, 0.25) is 11.8 Å². The third kappa shape index (κ3) is 7.77. The average molecular weight is 236 g/mol. The van der Waals surface area contributed by atoms with E-state index in [9.17, 15) is 14.4 Å². The molecule has 0 radical (unpaired) electrons. The number of primary amides is 1. The monoisotopic (exact) mass is 236 g/mol. The van der Waals surface area contributed by atoms with E-state index in [1.807, 2.05) is 0 Å². The molecule has 2 amide bonds. The number of hydrogen-bond acceptors (Lipinski definition) is 5. The van der Waals surface area contributed by atoms with Crippen LogP contribution in [0.25, 0.3) is 0 Å². The van der Waals surface area contributed by atoms with Gasteiger partial charge in [0, 0.05) is 0 Å². The second kappa shape index (κ2) is 7.07. The van der Waals surface area contributed by atoms with Crippen LogP contribution in [0.1, 0.15) is 0 Å². The van der Waals surface area contributed by atoms with E-state index in [1.54, 1.807) is 0 Å². The Morgan fingerprint density at radius 1 is 1.33 bits per heavy atom. The molecule has 0 rings (SSSR count). The molecule has 0 spiro atoms. The van der Waals surface area contributed by atoms with Crippen molar-refractivity contribution in [3.05, 3.63) is 0 Å². The molecule has 5 N–H and O–H groups in total. The molecule has 0 aliphatic carbocycles. The highest BCUT2D eigenvalue weighted by Crippen LogP contribution is 1.97. The predicted octanol–water partition coefficient (Wildman–Crippen LogP) is -2.23. The molecule has 0 aromatic rings. The average Bonchev–Trinajstić information content (AvgIpc) is 2.13. The largest absolute Gasteiger partial charge is 0.481 e. The normalized spacial score (nSPS) is 11.8. The molecule has 1 unspecified atom stereocenters. The molecule has 8 heteroatoms. The molecule has 0 heterocycles. The maximum absolute atomic E-state index is 11.0. The Balaban J connectivity index is 3.57. The summed E-state index contributed by atoms with van der Waals surface area (Å²) in [5.74, 6) is -2.61. The van der Waals surface area contributed by atoms with Crippen molar-refractivity contribution in [1.29, 1.82) is 0 Å². The molecule has 0 aliphatic heterocycles. The molecule has 7 nitrogen and oxygen atoms in total. The van der Waals surface area contributed by atoms with Crippen LogP contribution in [0, 0.1) is 0 Å². The number of aliphatic hydroxyl groups is 1. The summed E-state index contributed by atoms with van der Waals surface area (Å²) in [6.07, 6.45) is -1.42. The molecule has 86 valence electrons. The van der Waals surface area contributed by atoms with Crippen molar-refractivity contribution in [3.8, 4) is 0 Å². The molecule has 0 aliphatic rings. The number of nitrogens with two attached hydrogens (primary N) is 1. The summed E-state index contributed by atoms with van der Waals surface area (Å²) in [4.78, 5) is 31.4. The summed E-state index contributed by atoms with van der Waals surface area (Å²) in [7, 11) is 0. The van der Waals surface area contributed by atoms with Gasteiger partial charge in [-0.05, 0) is 0 Å². The topological polar surface area (TPSA) is 130 Å². The predicted molar refractivity (Wildman–Crippen MR) is 53.2 cm³/mol. The first kappa shape index (κ1) is 13.7. The number of carboxylic acids is 1. The number of nitrogens with one attached hydrogen (secondary N) is 1. The number of aliphatic hydroxyl groups excluding tert-OH is 1. The van der Waals surface area contributed by atoms with E-state index in [4.69, 9.17) is 15.9 Å². The van der Waals surface area contributed by atoms with Gasteiger partial charge in [-0.2, -0.15) is 0 Å². The van der Waals surface area contributed by atoms with Gasteiger partial charge in [-0.3, -0.25) is 14.4 Å². The summed E-state index contributed by atoms with van der Waals surface area (Å²) in [6.45, 7) is -0.262. The van der Waals surface area contributed by atoms with Crippen LogP contribution in [0.4, 0.5) is 0 Å². The SMILES string of the molecule is NC(=O)C(O)CNC(=O)CSCC(=O)O. The van der Waals surface area contributed by atoms with Crippen molar-refractivity contribution in [2.75, 3.05) is 18.1 Å². The number of carbonyl (C=O) groups excluding carboxylic acids is 2. The standard InChI is InChI=1S/C7H12N2O5S/c8-7(14)4(10)1-9-5(11)2-15-3-6(12)13/h4,10H,1-3H2,(H2,8,14)(H,9,11)(H,12,13). The van der Waals surface area contributed by atoms with Crippen molar-refractivity contribution in [2.24, 2.45) is 5.73 Å². The van der Waals surface area contributed by atoms with Crippen molar-refractivity contribution >= 4 is 29.5 Å². The lowest BCUT2D eigenvalue weighted by Gasteiger charge is -2.07. The van der Waals surface area contributed by atoms with Gasteiger partial charge in [0.1, 0.15) is 6.10 Å². The lowest BCUT2D eigenvalue weighted by Crippen LogP contribution is -2.40. The summed E-state index contributed by atoms with van der Waals surface area (Å²) in [5, 5.41) is 19.4. The van der Waals surface area contributed by atoms with Crippen molar-refractivity contribution < 1.29 is 24.6 Å². The molecule has 0 aromatic heterocycles. The quantitative estimate of drug-likeness (QED) is 0.395. The van der Waals surface area contributed by atoms with E-state index < -0.39 is 23.9 Å². The molecular formula is C7H12N2O5S. The molecule has 15 heavy (non-hydrogen) atoms. The second-order valence-electron chi connectivity index (χ2n) is 2.61. The van der Waals surface area contributed by atoms with Crippen LogP contribution in [0.3, 0.4) is 0 Å². The highest BCUT2D eigenvalue weighted by Gasteiger charge is 2.12. The number of aliphatic carboxylic acids is 1. The van der Waals surface area contributed by atoms with Gasteiger partial charge in [-0.1, -0.05) is 0 Å². The van der Waals surface area contributed by atoms with Crippen molar-refractivity contribution in [3.63, 3.8) is 0 Å². The summed E-state index contributed by atoms with van der Waals surface area (Å²) < 4.78 is 0. The van der Waals surface area contributed by atoms with Gasteiger partial charge in [-0.15, -0.1) is 11.8 Å². The van der Waals surface area contributed by atoms with Crippen LogP contribution in [0.15, 0.2) is 0 Å². The van der Waals surface area contributed by atoms with E-state index in [0.717, 1.165) is 11.8 Å². The fourth-order valence-electron chi connectivity index (χ4n) is 0.593. The first-order chi connectivity index (χ1) is 6.93. The Hall–Kier alpha value is -1.28. The Kier molecular flexibility index (Phi) is 6.47. The molecule has 0 bridgehead atoms. The van der Waals surface area contributed by atoms with Crippen LogP contribution in [-0.2, 0) is 14.4 Å². The first-order valence-electron chi connectivity index (χ1n) is 3.97. The van der Waals surface area contributed by atoms with E-state index in [-0.39, 0.29) is 18.1 Å². The molecule has 0 saturated carbocycles. The van der Waals surface area contributed by atoms with Crippen LogP contribution >= 0.6 is 11.8 Å². The Labute approximate surface area is 90.0 Å². The number of rotatable bonds is 7. The van der Waals surface area contributed by atoms with E-state index in [2.05, 4.69) is 5.32 Å². The lowest BCUT2D eigenvalue weighted by atomic mass is 10.3. The maximum atomic E-state index is 11.0. The minimum atomic E-state index is -1.42. The summed E-state index contributed by atoms with van der Waals surface area (Å²) in [5.41, 5.74) is 4.74. The smallest absolute Gasteiger partial charge is 0.313 e. The molecule has 0 fully saturated rings. The maximum Gasteiger partial charge on any atom is 0.313 e. The molecular weight excluding hydrogens is 224 g/mol. The molecule has 0 aromatic carbocycles. The second-order valence-corrected chi connectivity index (χ2v) is 3.59. The number of carbonyl (C=O) groups is 3. The number of carboxylic acid groups (broad SMARTS) is 1. The Bertz CT molecular complexity index is 258. The van der Waals surface area contributed by atoms with Crippen LogP contribution < -0.4 is 11.1 Å². The molecule has 0 saturated heterocycles. The summed E-state index contributed by atoms with van der Waals surface area (Å²) in [6, 6.07) is 0. The van der Waals surface area contributed by atoms with Crippen LogP contribution in [0.5, 0.6) is 0 Å². The minimum Gasteiger partial charge on any atom is -0.481 e.